The fourth-order valence-electron chi connectivity index (χ4n) is 2.10. The second-order valence-electron chi connectivity index (χ2n) is 6.21. The van der Waals surface area contributed by atoms with Crippen molar-refractivity contribution in [3.05, 3.63) is 59.4 Å². The fraction of sp³-hybridized carbons (Fsp3) is 0.333. The van der Waals surface area contributed by atoms with Crippen LogP contribution in [0, 0.1) is 5.82 Å². The van der Waals surface area contributed by atoms with Crippen molar-refractivity contribution in [1.29, 1.82) is 0 Å². The lowest BCUT2D eigenvalue weighted by molar-refractivity contribution is 0.195. The van der Waals surface area contributed by atoms with E-state index in [-0.39, 0.29) is 11.2 Å². The van der Waals surface area contributed by atoms with Crippen LogP contribution in [-0.2, 0) is 5.41 Å². The van der Waals surface area contributed by atoms with E-state index < -0.39 is 6.10 Å². The minimum absolute atomic E-state index is 0.103. The summed E-state index contributed by atoms with van der Waals surface area (Å²) in [7, 11) is 0. The molecule has 3 heteroatoms. The highest BCUT2D eigenvalue weighted by Crippen LogP contribution is 2.36. The molecule has 0 aliphatic carbocycles. The van der Waals surface area contributed by atoms with Gasteiger partial charge in [0.05, 0.1) is 11.0 Å². The molecule has 1 N–H and O–H groups in total. The molecular weight excluding hydrogens is 283 g/mol. The predicted molar refractivity (Wildman–Crippen MR) is 86.3 cm³/mol. The maximum absolute atomic E-state index is 14.0. The van der Waals surface area contributed by atoms with Crippen molar-refractivity contribution in [1.82, 2.24) is 0 Å². The van der Waals surface area contributed by atoms with E-state index in [4.69, 9.17) is 0 Å². The number of hydrogen-bond donors (Lipinski definition) is 1. The van der Waals surface area contributed by atoms with E-state index in [0.29, 0.717) is 10.5 Å². The molecule has 0 aliphatic rings. The van der Waals surface area contributed by atoms with E-state index in [1.807, 2.05) is 12.1 Å². The van der Waals surface area contributed by atoms with Crippen LogP contribution >= 0.6 is 11.8 Å². The Morgan fingerprint density at radius 1 is 1.05 bits per heavy atom. The minimum atomic E-state index is -0.683. The lowest BCUT2D eigenvalue weighted by Crippen LogP contribution is -2.10. The molecule has 0 radical (unpaired) electrons. The molecule has 0 saturated heterocycles. The number of aliphatic hydroxyl groups excluding tert-OH is 1. The first kappa shape index (κ1) is 16.1. The van der Waals surface area contributed by atoms with Gasteiger partial charge in [-0.2, -0.15) is 0 Å². The summed E-state index contributed by atoms with van der Waals surface area (Å²) in [6, 6.07) is 13.0. The molecule has 2 aromatic rings. The molecule has 2 aromatic carbocycles. The lowest BCUT2D eigenvalue weighted by Gasteiger charge is -2.19. The molecule has 0 bridgehead atoms. The van der Waals surface area contributed by atoms with Crippen molar-refractivity contribution >= 4 is 11.8 Å². The quantitative estimate of drug-likeness (QED) is 0.827. The molecule has 0 heterocycles. The van der Waals surface area contributed by atoms with Gasteiger partial charge in [0, 0.05) is 4.90 Å². The summed E-state index contributed by atoms with van der Waals surface area (Å²) in [6.45, 7) is 8.15. The van der Waals surface area contributed by atoms with E-state index >= 15 is 0 Å². The Bertz CT molecular complexity index is 612. The van der Waals surface area contributed by atoms with Gasteiger partial charge >= 0.3 is 0 Å². The third-order valence-corrected chi connectivity index (χ3v) is 4.53. The Labute approximate surface area is 130 Å². The fourth-order valence-corrected chi connectivity index (χ4v) is 3.13. The van der Waals surface area contributed by atoms with Crippen molar-refractivity contribution in [3.8, 4) is 0 Å². The van der Waals surface area contributed by atoms with E-state index in [0.717, 1.165) is 4.90 Å². The second-order valence-corrected chi connectivity index (χ2v) is 7.29. The van der Waals surface area contributed by atoms with Crippen LogP contribution in [-0.4, -0.2) is 5.11 Å². The van der Waals surface area contributed by atoms with Crippen molar-refractivity contribution in [2.45, 2.75) is 49.0 Å². The molecule has 0 amide bonds. The number of rotatable bonds is 3. The molecule has 0 saturated carbocycles. The van der Waals surface area contributed by atoms with E-state index in [1.165, 1.54) is 23.4 Å². The number of halogens is 1. The highest BCUT2D eigenvalue weighted by atomic mass is 32.2. The van der Waals surface area contributed by atoms with E-state index in [2.05, 4.69) is 32.9 Å². The molecule has 21 heavy (non-hydrogen) atoms. The molecule has 0 unspecified atom stereocenters. The topological polar surface area (TPSA) is 20.2 Å². The van der Waals surface area contributed by atoms with Crippen LogP contribution in [0.15, 0.2) is 52.3 Å². The molecule has 1 atom stereocenters. The SMILES string of the molecule is C[C@@H](O)c1cccc(F)c1Sc1ccc(C(C)(C)C)cc1. The zero-order valence-corrected chi connectivity index (χ0v) is 13.7. The largest absolute Gasteiger partial charge is 0.389 e. The van der Waals surface area contributed by atoms with Crippen LogP contribution < -0.4 is 0 Å². The normalized spacial score (nSPS) is 13.2. The number of benzene rings is 2. The zero-order chi connectivity index (χ0) is 15.6. The van der Waals surface area contributed by atoms with Gasteiger partial charge in [-0.25, -0.2) is 4.39 Å². The summed E-state index contributed by atoms with van der Waals surface area (Å²) in [4.78, 5) is 1.46. The van der Waals surface area contributed by atoms with Crippen LogP contribution in [0.3, 0.4) is 0 Å². The van der Waals surface area contributed by atoms with Crippen molar-refractivity contribution in [2.75, 3.05) is 0 Å². The number of hydrogen-bond acceptors (Lipinski definition) is 2. The first-order valence-electron chi connectivity index (χ1n) is 7.04. The lowest BCUT2D eigenvalue weighted by atomic mass is 9.87. The zero-order valence-electron chi connectivity index (χ0n) is 12.9. The average molecular weight is 304 g/mol. The summed E-state index contributed by atoms with van der Waals surface area (Å²) < 4.78 is 14.0. The minimum Gasteiger partial charge on any atom is -0.389 e. The maximum atomic E-state index is 14.0. The maximum Gasteiger partial charge on any atom is 0.137 e. The Hall–Kier alpha value is -1.32. The van der Waals surface area contributed by atoms with Crippen molar-refractivity contribution < 1.29 is 9.50 Å². The summed E-state index contributed by atoms with van der Waals surface area (Å²) >= 11 is 1.35. The highest BCUT2D eigenvalue weighted by molar-refractivity contribution is 7.99. The van der Waals surface area contributed by atoms with Gasteiger partial charge in [0.15, 0.2) is 0 Å². The molecule has 0 fully saturated rings. The van der Waals surface area contributed by atoms with Crippen LogP contribution in [0.4, 0.5) is 4.39 Å². The Balaban J connectivity index is 2.31. The third-order valence-electron chi connectivity index (χ3n) is 3.39. The van der Waals surface area contributed by atoms with Gasteiger partial charge in [0.1, 0.15) is 5.82 Å². The second kappa shape index (κ2) is 6.20. The highest BCUT2D eigenvalue weighted by Gasteiger charge is 2.16. The molecule has 0 aromatic heterocycles. The molecular formula is C18H21FOS. The Morgan fingerprint density at radius 2 is 1.67 bits per heavy atom. The van der Waals surface area contributed by atoms with Gasteiger partial charge in [0.2, 0.25) is 0 Å². The first-order chi connectivity index (χ1) is 9.79. The van der Waals surface area contributed by atoms with Gasteiger partial charge < -0.3 is 5.11 Å². The van der Waals surface area contributed by atoms with Gasteiger partial charge in [-0.15, -0.1) is 0 Å². The van der Waals surface area contributed by atoms with Crippen LogP contribution in [0.5, 0.6) is 0 Å². The standard InChI is InChI=1S/C18H21FOS/c1-12(20)15-6-5-7-16(19)17(15)21-14-10-8-13(9-11-14)18(2,3)4/h5-12,20H,1-4H3/t12-/m1/s1. The first-order valence-corrected chi connectivity index (χ1v) is 7.85. The Kier molecular flexibility index (Phi) is 4.74. The molecule has 112 valence electrons. The van der Waals surface area contributed by atoms with Gasteiger partial charge in [-0.3, -0.25) is 0 Å². The molecule has 0 aliphatic heterocycles. The van der Waals surface area contributed by atoms with Crippen molar-refractivity contribution in [2.24, 2.45) is 0 Å². The smallest absolute Gasteiger partial charge is 0.137 e. The van der Waals surface area contributed by atoms with Gasteiger partial charge in [-0.05, 0) is 41.7 Å². The average Bonchev–Trinajstić information content (AvgIpc) is 2.40. The molecule has 0 spiro atoms. The van der Waals surface area contributed by atoms with Crippen LogP contribution in [0.1, 0.15) is 44.9 Å². The monoisotopic (exact) mass is 304 g/mol. The summed E-state index contributed by atoms with van der Waals surface area (Å²) in [5, 5.41) is 9.78. The summed E-state index contributed by atoms with van der Waals surface area (Å²) in [6.07, 6.45) is -0.683. The predicted octanol–water partition coefficient (Wildman–Crippen LogP) is 5.33. The molecule has 1 nitrogen and oxygen atoms in total. The van der Waals surface area contributed by atoms with Crippen molar-refractivity contribution in [3.63, 3.8) is 0 Å². The van der Waals surface area contributed by atoms with Gasteiger partial charge in [0.25, 0.3) is 0 Å². The van der Waals surface area contributed by atoms with Crippen LogP contribution in [0.2, 0.25) is 0 Å². The Morgan fingerprint density at radius 3 is 2.19 bits per heavy atom. The van der Waals surface area contributed by atoms with Crippen LogP contribution in [0.25, 0.3) is 0 Å². The summed E-state index contributed by atoms with van der Waals surface area (Å²) in [5.74, 6) is -0.293. The third kappa shape index (κ3) is 3.86. The summed E-state index contributed by atoms with van der Waals surface area (Å²) in [5.41, 5.74) is 1.97. The van der Waals surface area contributed by atoms with Gasteiger partial charge in [-0.1, -0.05) is 56.8 Å². The van der Waals surface area contributed by atoms with E-state index in [9.17, 15) is 9.50 Å². The molecule has 2 rings (SSSR count). The van der Waals surface area contributed by atoms with E-state index in [1.54, 1.807) is 19.1 Å². The number of aliphatic hydroxyl groups is 1.